The van der Waals surface area contributed by atoms with Crippen molar-refractivity contribution in [1.82, 2.24) is 0 Å². The largest absolute Gasteiger partial charge is 0.389 e. The first-order valence-corrected chi connectivity index (χ1v) is 7.12. The second kappa shape index (κ2) is 6.58. The first kappa shape index (κ1) is 16.6. The van der Waals surface area contributed by atoms with E-state index in [1.165, 1.54) is 18.2 Å². The van der Waals surface area contributed by atoms with Crippen LogP contribution >= 0.6 is 0 Å². The van der Waals surface area contributed by atoms with E-state index in [1.807, 2.05) is 0 Å². The van der Waals surface area contributed by atoms with Crippen molar-refractivity contribution in [3.63, 3.8) is 0 Å². The second-order valence-electron chi connectivity index (χ2n) is 5.85. The number of benzene rings is 2. The van der Waals surface area contributed by atoms with Gasteiger partial charge >= 0.3 is 0 Å². The van der Waals surface area contributed by atoms with Gasteiger partial charge in [-0.25, -0.2) is 0 Å². The van der Waals surface area contributed by atoms with Crippen LogP contribution in [0.3, 0.4) is 0 Å². The third-order valence-corrected chi connectivity index (χ3v) is 3.20. The third-order valence-electron chi connectivity index (χ3n) is 3.20. The van der Waals surface area contributed by atoms with Gasteiger partial charge in [0.25, 0.3) is 5.69 Å². The molecule has 6 heteroatoms. The Morgan fingerprint density at radius 1 is 1.17 bits per heavy atom. The summed E-state index contributed by atoms with van der Waals surface area (Å²) < 4.78 is 0. The zero-order chi connectivity index (χ0) is 17.0. The molecule has 0 aliphatic rings. The van der Waals surface area contributed by atoms with Crippen LogP contribution in [0.2, 0.25) is 0 Å². The van der Waals surface area contributed by atoms with E-state index in [-0.39, 0.29) is 29.3 Å². The molecule has 0 fully saturated rings. The Morgan fingerprint density at radius 3 is 2.39 bits per heavy atom. The van der Waals surface area contributed by atoms with Crippen molar-refractivity contribution in [3.8, 4) is 0 Å². The lowest BCUT2D eigenvalue weighted by atomic mass is 10.0. The van der Waals surface area contributed by atoms with Crippen LogP contribution in [0.1, 0.15) is 29.8 Å². The van der Waals surface area contributed by atoms with Gasteiger partial charge in [0.15, 0.2) is 5.78 Å². The summed E-state index contributed by atoms with van der Waals surface area (Å²) in [6.07, 6.45) is 0. The molecule has 23 heavy (non-hydrogen) atoms. The minimum Gasteiger partial charge on any atom is -0.389 e. The summed E-state index contributed by atoms with van der Waals surface area (Å²) in [5.41, 5.74) is -0.222. The van der Waals surface area contributed by atoms with Gasteiger partial charge in [0.2, 0.25) is 0 Å². The van der Waals surface area contributed by atoms with Crippen LogP contribution in [0.5, 0.6) is 0 Å². The number of hydrogen-bond donors (Lipinski definition) is 2. The Kier molecular flexibility index (Phi) is 4.76. The molecule has 0 spiro atoms. The van der Waals surface area contributed by atoms with Crippen molar-refractivity contribution in [3.05, 3.63) is 69.8 Å². The standard InChI is InChI=1S/C17H18N2O4/c1-17(2,21)11-18-14-9-8-13(10-15(14)19(22)23)16(20)12-6-4-3-5-7-12/h3-10,18,21H,11H2,1-2H3. The maximum atomic E-state index is 12.4. The Balaban J connectivity index is 2.32. The molecule has 0 amide bonds. The second-order valence-corrected chi connectivity index (χ2v) is 5.85. The molecule has 2 aromatic carbocycles. The molecule has 2 N–H and O–H groups in total. The summed E-state index contributed by atoms with van der Waals surface area (Å²) >= 11 is 0. The van der Waals surface area contributed by atoms with Crippen LogP contribution in [0.25, 0.3) is 0 Å². The molecule has 120 valence electrons. The van der Waals surface area contributed by atoms with Gasteiger partial charge in [-0.1, -0.05) is 30.3 Å². The molecule has 0 heterocycles. The lowest BCUT2D eigenvalue weighted by Crippen LogP contribution is -2.29. The number of nitro benzene ring substituents is 1. The van der Waals surface area contributed by atoms with E-state index in [1.54, 1.807) is 44.2 Å². The highest BCUT2D eigenvalue weighted by atomic mass is 16.6. The number of nitro groups is 1. The normalized spacial score (nSPS) is 11.1. The maximum Gasteiger partial charge on any atom is 0.293 e. The average molecular weight is 314 g/mol. The number of carbonyl (C=O) groups excluding carboxylic acids is 1. The van der Waals surface area contributed by atoms with Crippen molar-refractivity contribution < 1.29 is 14.8 Å². The summed E-state index contributed by atoms with van der Waals surface area (Å²) in [5.74, 6) is -0.275. The molecule has 0 atom stereocenters. The van der Waals surface area contributed by atoms with Crippen LogP contribution < -0.4 is 5.32 Å². The topological polar surface area (TPSA) is 92.5 Å². The van der Waals surface area contributed by atoms with Gasteiger partial charge in [-0.05, 0) is 26.0 Å². The molecular weight excluding hydrogens is 296 g/mol. The van der Waals surface area contributed by atoms with Crippen LogP contribution in [-0.2, 0) is 0 Å². The fourth-order valence-electron chi connectivity index (χ4n) is 2.04. The fourth-order valence-corrected chi connectivity index (χ4v) is 2.04. The van der Waals surface area contributed by atoms with Gasteiger partial charge in [0.05, 0.1) is 10.5 Å². The summed E-state index contributed by atoms with van der Waals surface area (Å²) in [6, 6.07) is 12.9. The summed E-state index contributed by atoms with van der Waals surface area (Å²) in [7, 11) is 0. The molecule has 0 radical (unpaired) electrons. The monoisotopic (exact) mass is 314 g/mol. The quantitative estimate of drug-likeness (QED) is 0.486. The number of nitrogens with one attached hydrogen (secondary N) is 1. The maximum absolute atomic E-state index is 12.4. The zero-order valence-corrected chi connectivity index (χ0v) is 12.9. The van der Waals surface area contributed by atoms with E-state index in [2.05, 4.69) is 5.32 Å². The van der Waals surface area contributed by atoms with Gasteiger partial charge < -0.3 is 10.4 Å². The molecule has 0 bridgehead atoms. The molecule has 0 saturated carbocycles. The number of ketones is 1. The highest BCUT2D eigenvalue weighted by Crippen LogP contribution is 2.27. The molecule has 0 aliphatic heterocycles. The molecule has 0 aromatic heterocycles. The van der Waals surface area contributed by atoms with Crippen molar-refractivity contribution >= 4 is 17.2 Å². The van der Waals surface area contributed by atoms with Crippen molar-refractivity contribution in [1.29, 1.82) is 0 Å². The van der Waals surface area contributed by atoms with Gasteiger partial charge in [0, 0.05) is 23.7 Å². The number of nitrogens with zero attached hydrogens (tertiary/aromatic N) is 1. The van der Waals surface area contributed by atoms with E-state index in [4.69, 9.17) is 0 Å². The Labute approximate surface area is 133 Å². The molecule has 0 aliphatic carbocycles. The van der Waals surface area contributed by atoms with E-state index in [0.717, 1.165) is 0 Å². The van der Waals surface area contributed by atoms with Gasteiger partial charge in [0.1, 0.15) is 5.69 Å². The molecule has 2 aromatic rings. The van der Waals surface area contributed by atoms with Crippen LogP contribution in [0, 0.1) is 10.1 Å². The summed E-state index contributed by atoms with van der Waals surface area (Å²) in [6.45, 7) is 3.35. The molecule has 6 nitrogen and oxygen atoms in total. The predicted octanol–water partition coefficient (Wildman–Crippen LogP) is 3.01. The van der Waals surface area contributed by atoms with Crippen molar-refractivity contribution in [2.45, 2.75) is 19.4 Å². The number of aliphatic hydroxyl groups is 1. The first-order valence-electron chi connectivity index (χ1n) is 7.12. The number of hydrogen-bond acceptors (Lipinski definition) is 5. The SMILES string of the molecule is CC(C)(O)CNc1ccc(C(=O)c2ccccc2)cc1[N+](=O)[O-]. The first-order chi connectivity index (χ1) is 10.8. The Hall–Kier alpha value is -2.73. The molecule has 0 unspecified atom stereocenters. The Bertz CT molecular complexity index is 721. The summed E-state index contributed by atoms with van der Waals surface area (Å²) in [5, 5.41) is 23.8. The molecule has 0 saturated heterocycles. The Morgan fingerprint density at radius 2 is 1.83 bits per heavy atom. The molecule has 2 rings (SSSR count). The number of rotatable bonds is 6. The van der Waals surface area contributed by atoms with Gasteiger partial charge in [-0.15, -0.1) is 0 Å². The fraction of sp³-hybridized carbons (Fsp3) is 0.235. The lowest BCUT2D eigenvalue weighted by molar-refractivity contribution is -0.384. The highest BCUT2D eigenvalue weighted by molar-refractivity contribution is 6.09. The van der Waals surface area contributed by atoms with Gasteiger partial charge in [-0.3, -0.25) is 14.9 Å². The minimum atomic E-state index is -1.01. The third kappa shape index (κ3) is 4.37. The minimum absolute atomic E-state index is 0.153. The smallest absolute Gasteiger partial charge is 0.293 e. The highest BCUT2D eigenvalue weighted by Gasteiger charge is 2.20. The van der Waals surface area contributed by atoms with E-state index >= 15 is 0 Å². The lowest BCUT2D eigenvalue weighted by Gasteiger charge is -2.18. The predicted molar refractivity (Wildman–Crippen MR) is 87.8 cm³/mol. The van der Waals surface area contributed by atoms with Crippen LogP contribution in [0.4, 0.5) is 11.4 Å². The number of carbonyl (C=O) groups is 1. The molecular formula is C17H18N2O4. The van der Waals surface area contributed by atoms with Crippen LogP contribution in [0.15, 0.2) is 48.5 Å². The van der Waals surface area contributed by atoms with Gasteiger partial charge in [-0.2, -0.15) is 0 Å². The number of anilines is 1. The van der Waals surface area contributed by atoms with E-state index in [9.17, 15) is 20.0 Å². The van der Waals surface area contributed by atoms with Crippen molar-refractivity contribution in [2.75, 3.05) is 11.9 Å². The van der Waals surface area contributed by atoms with Crippen molar-refractivity contribution in [2.24, 2.45) is 0 Å². The summed E-state index contributed by atoms with van der Waals surface area (Å²) in [4.78, 5) is 23.1. The average Bonchev–Trinajstić information content (AvgIpc) is 2.52. The van der Waals surface area contributed by atoms with E-state index < -0.39 is 10.5 Å². The van der Waals surface area contributed by atoms with E-state index in [0.29, 0.717) is 5.56 Å². The van der Waals surface area contributed by atoms with Crippen LogP contribution in [-0.4, -0.2) is 28.0 Å². The zero-order valence-electron chi connectivity index (χ0n) is 12.9.